The van der Waals surface area contributed by atoms with Crippen LogP contribution < -0.4 is 10.2 Å². The second kappa shape index (κ2) is 38.0. The van der Waals surface area contributed by atoms with Crippen LogP contribution in [0.5, 0.6) is 0 Å². The first-order valence-electron chi connectivity index (χ1n) is 24.7. The maximum Gasteiger partial charge on any atom is 0.273 e. The molecule has 1 N–H and O–H groups in total. The molecule has 0 aliphatic heterocycles. The summed E-state index contributed by atoms with van der Waals surface area (Å²) in [5, 5.41) is 17.3. The van der Waals surface area contributed by atoms with E-state index in [1.54, 1.807) is 0 Å². The Labute approximate surface area is 384 Å². The molecule has 0 aromatic heterocycles. The smallest absolute Gasteiger partial charge is 0.273 e. The Morgan fingerprint density at radius 1 is 0.532 bits per heavy atom. The first-order valence-corrected chi connectivity index (χ1v) is 26.3. The van der Waals surface area contributed by atoms with E-state index in [0.29, 0.717) is 0 Å². The van der Waals surface area contributed by atoms with Gasteiger partial charge in [-0.15, -0.1) is 0 Å². The molecule has 0 saturated carbocycles. The number of aliphatic carboxylic acids is 2. The maximum atomic E-state index is 10.2. The van der Waals surface area contributed by atoms with Gasteiger partial charge in [-0.2, -0.15) is 8.42 Å². The number of quaternary nitrogens is 2. The Hall–Kier alpha value is -2.27. The van der Waals surface area contributed by atoms with E-state index in [-0.39, 0.29) is 0 Å². The Morgan fingerprint density at radius 2 is 0.774 bits per heavy atom. The summed E-state index contributed by atoms with van der Waals surface area (Å²) in [4.78, 5) is 19.7. The monoisotopic (exact) mass is 897 g/mol. The SMILES string of the molecule is C=CC[N+](C)(CC=C)C(CC(CC)CCCC)CC(CC)CCCC.C=CC[N+](C)(CC=C)C(CC(CC)CCCC)CC(CC)CCCC.O=C([O-])CC(C(=O)[O-])S(=O)(=O)O. The van der Waals surface area contributed by atoms with Gasteiger partial charge in [-0.05, 0) is 48.0 Å². The maximum absolute atomic E-state index is 10.2. The van der Waals surface area contributed by atoms with Crippen molar-refractivity contribution in [2.45, 2.75) is 208 Å². The van der Waals surface area contributed by atoms with Crippen LogP contribution in [-0.2, 0) is 19.7 Å². The van der Waals surface area contributed by atoms with E-state index < -0.39 is 33.7 Å². The fraction of sp³-hybridized carbons (Fsp3) is 0.808. The van der Waals surface area contributed by atoms with Gasteiger partial charge in [0, 0.05) is 38.1 Å². The van der Waals surface area contributed by atoms with Gasteiger partial charge in [-0.25, -0.2) is 0 Å². The molecule has 5 atom stereocenters. The number of likely N-dealkylation sites (N-methyl/N-ethyl adjacent to an activating group) is 2. The van der Waals surface area contributed by atoms with Crippen LogP contribution in [0.1, 0.15) is 190 Å². The Balaban J connectivity index is -0.000000895. The fourth-order valence-corrected chi connectivity index (χ4v) is 9.65. The molecule has 0 heterocycles. The summed E-state index contributed by atoms with van der Waals surface area (Å²) in [5.74, 6) is -0.577. The first kappa shape index (κ1) is 64.0. The van der Waals surface area contributed by atoms with Gasteiger partial charge in [0.1, 0.15) is 5.25 Å². The molecule has 0 radical (unpaired) electrons. The molecule has 62 heavy (non-hydrogen) atoms. The lowest BCUT2D eigenvalue weighted by molar-refractivity contribution is -0.924. The summed E-state index contributed by atoms with van der Waals surface area (Å²) in [6, 6.07) is 1.47. The average Bonchev–Trinajstić information content (AvgIpc) is 3.21. The highest BCUT2D eigenvalue weighted by atomic mass is 32.2. The predicted octanol–water partition coefficient (Wildman–Crippen LogP) is 10.9. The summed E-state index contributed by atoms with van der Waals surface area (Å²) < 4.78 is 30.7. The molecule has 0 aliphatic carbocycles. The van der Waals surface area contributed by atoms with E-state index in [0.717, 1.165) is 70.9 Å². The zero-order valence-electron chi connectivity index (χ0n) is 42.1. The van der Waals surface area contributed by atoms with E-state index in [2.05, 4.69) is 120 Å². The summed E-state index contributed by atoms with van der Waals surface area (Å²) >= 11 is 0. The summed E-state index contributed by atoms with van der Waals surface area (Å²) in [7, 11) is -0.0669. The van der Waals surface area contributed by atoms with Crippen LogP contribution in [0.4, 0.5) is 0 Å². The summed E-state index contributed by atoms with van der Waals surface area (Å²) in [6.45, 7) is 39.3. The molecule has 0 aliphatic rings. The molecule has 366 valence electrons. The number of hydrogen-bond acceptors (Lipinski definition) is 6. The molecule has 0 aromatic carbocycles. The van der Waals surface area contributed by atoms with Gasteiger partial charge in [0.15, 0.2) is 0 Å². The van der Waals surface area contributed by atoms with E-state index >= 15 is 0 Å². The lowest BCUT2D eigenvalue weighted by atomic mass is 9.84. The number of carboxylic acids is 2. The molecule has 9 nitrogen and oxygen atoms in total. The zero-order chi connectivity index (χ0) is 48.2. The highest BCUT2D eigenvalue weighted by Crippen LogP contribution is 2.33. The molecule has 0 bridgehead atoms. The van der Waals surface area contributed by atoms with Gasteiger partial charge in [0.25, 0.3) is 10.1 Å². The minimum Gasteiger partial charge on any atom is -0.550 e. The molecular formula is C52H100N2O7S. The normalized spacial score (nSPS) is 15.2. The topological polar surface area (TPSA) is 135 Å². The van der Waals surface area contributed by atoms with Crippen LogP contribution in [-0.4, -0.2) is 91.5 Å². The number of carboxylic acid groups (broad SMARTS) is 2. The first-order chi connectivity index (χ1) is 29.3. The average molecular weight is 897 g/mol. The molecule has 0 amide bonds. The number of carbonyl (C=O) groups excluding carboxylic acids is 2. The molecule has 0 saturated heterocycles. The minimum atomic E-state index is -4.94. The highest BCUT2D eigenvalue weighted by molar-refractivity contribution is 7.87. The summed E-state index contributed by atoms with van der Waals surface area (Å²) in [5.41, 5.74) is 0. The largest absolute Gasteiger partial charge is 0.550 e. The van der Waals surface area contributed by atoms with E-state index in [9.17, 15) is 28.2 Å². The van der Waals surface area contributed by atoms with Gasteiger partial charge < -0.3 is 28.8 Å². The van der Waals surface area contributed by atoms with Crippen LogP contribution >= 0.6 is 0 Å². The van der Waals surface area contributed by atoms with E-state index in [1.807, 2.05) is 0 Å². The third-order valence-corrected chi connectivity index (χ3v) is 14.6. The Bertz CT molecular complexity index is 1160. The Kier molecular flexibility index (Phi) is 39.3. The number of rotatable bonds is 38. The van der Waals surface area contributed by atoms with Crippen LogP contribution in [0.25, 0.3) is 0 Å². The van der Waals surface area contributed by atoms with Crippen molar-refractivity contribution in [3.63, 3.8) is 0 Å². The van der Waals surface area contributed by atoms with Gasteiger partial charge in [0.2, 0.25) is 0 Å². The van der Waals surface area contributed by atoms with E-state index in [4.69, 9.17) is 4.55 Å². The van der Waals surface area contributed by atoms with E-state index in [1.165, 1.54) is 128 Å². The highest BCUT2D eigenvalue weighted by Gasteiger charge is 2.35. The van der Waals surface area contributed by atoms with Crippen molar-refractivity contribution in [1.82, 2.24) is 0 Å². The second-order valence-electron chi connectivity index (χ2n) is 18.7. The van der Waals surface area contributed by atoms with Crippen molar-refractivity contribution in [2.75, 3.05) is 40.3 Å². The van der Waals surface area contributed by atoms with Crippen molar-refractivity contribution in [2.24, 2.45) is 23.7 Å². The number of unbranched alkanes of at least 4 members (excludes halogenated alkanes) is 4. The van der Waals surface area contributed by atoms with Crippen LogP contribution in [0.2, 0.25) is 0 Å². The lowest BCUT2D eigenvalue weighted by Gasteiger charge is -2.43. The third kappa shape index (κ3) is 29.2. The van der Waals surface area contributed by atoms with Crippen molar-refractivity contribution in [3.05, 3.63) is 50.6 Å². The fourth-order valence-electron chi connectivity index (χ4n) is 9.06. The predicted molar refractivity (Wildman–Crippen MR) is 262 cm³/mol. The molecule has 5 unspecified atom stereocenters. The number of carbonyl (C=O) groups is 2. The Morgan fingerprint density at radius 3 is 0.903 bits per heavy atom. The lowest BCUT2D eigenvalue weighted by Crippen LogP contribution is -2.53. The van der Waals surface area contributed by atoms with Gasteiger partial charge in [-0.1, -0.05) is 184 Å². The van der Waals surface area contributed by atoms with Crippen molar-refractivity contribution < 1.29 is 41.7 Å². The van der Waals surface area contributed by atoms with Crippen molar-refractivity contribution >= 4 is 22.1 Å². The van der Waals surface area contributed by atoms with Gasteiger partial charge >= 0.3 is 0 Å². The van der Waals surface area contributed by atoms with Gasteiger partial charge in [-0.3, -0.25) is 4.55 Å². The second-order valence-corrected chi connectivity index (χ2v) is 20.3. The van der Waals surface area contributed by atoms with Crippen molar-refractivity contribution in [3.8, 4) is 0 Å². The quantitative estimate of drug-likeness (QED) is 0.0370. The minimum absolute atomic E-state index is 0.736. The molecule has 0 fully saturated rings. The van der Waals surface area contributed by atoms with Gasteiger partial charge in [0.05, 0.1) is 58.3 Å². The van der Waals surface area contributed by atoms with Crippen LogP contribution in [0.15, 0.2) is 50.6 Å². The van der Waals surface area contributed by atoms with Crippen molar-refractivity contribution in [1.29, 1.82) is 0 Å². The standard InChI is InChI=1S/2C24H48N.C4H6O7S/c2*1-8-14-16-22(12-5)20-24(21-23(13-6)17-15-9-2)25(7,18-10-3)19-11-4;5-3(6)1-2(4(7)8)12(9,10)11/h2*10-11,22-24H,3-4,8-9,12-21H2,1-2,5-7H3;2H,1H2,(H,5,6)(H,7,8)(H,9,10,11)/q2*+1;/p-2. The zero-order valence-corrected chi connectivity index (χ0v) is 42.9. The molecular weight excluding hydrogens is 797 g/mol. The van der Waals surface area contributed by atoms with Crippen LogP contribution in [0, 0.1) is 23.7 Å². The molecule has 10 heteroatoms. The molecule has 0 rings (SSSR count). The third-order valence-electron chi connectivity index (χ3n) is 13.5. The van der Waals surface area contributed by atoms with Crippen LogP contribution in [0.3, 0.4) is 0 Å². The summed E-state index contributed by atoms with van der Waals surface area (Å²) in [6.07, 6.45) is 34.3. The number of hydrogen-bond donors (Lipinski definition) is 1. The molecule has 0 spiro atoms. The number of nitrogens with zero attached hydrogens (tertiary/aromatic N) is 2. The molecule has 0 aromatic rings.